The number of rotatable bonds is 54. The van der Waals surface area contributed by atoms with Crippen LogP contribution in [0.3, 0.4) is 0 Å². The van der Waals surface area contributed by atoms with Crippen LogP contribution in [0.4, 0.5) is 0 Å². The Bertz CT molecular complexity index is 1260. The maximum atomic E-state index is 13.0. The van der Waals surface area contributed by atoms with E-state index in [1.165, 1.54) is 212 Å². The first-order valence-electron chi connectivity index (χ1n) is 29.5. The molecule has 0 saturated carbocycles. The number of hydrogen-bond donors (Lipinski definition) is 3. The summed E-state index contributed by atoms with van der Waals surface area (Å²) in [7, 11) is 1.55. The molecule has 9 heteroatoms. The summed E-state index contributed by atoms with van der Waals surface area (Å²) in [4.78, 5) is 23.3. The molecule has 3 unspecified atom stereocenters. The second kappa shape index (κ2) is 51.4. The summed E-state index contributed by atoms with van der Waals surface area (Å²) in [6.45, 7) is 4.80. The number of aliphatic hydroxyl groups is 1. The minimum atomic E-state index is -4.36. The fraction of sp³-hybridized carbons (Fsp3) is 0.850. The Hall–Kier alpha value is -1.54. The van der Waals surface area contributed by atoms with Gasteiger partial charge in [0.15, 0.2) is 0 Å². The van der Waals surface area contributed by atoms with E-state index in [9.17, 15) is 19.4 Å². The third-order valence-corrected chi connectivity index (χ3v) is 14.2. The van der Waals surface area contributed by atoms with Crippen molar-refractivity contribution in [2.75, 3.05) is 40.9 Å². The van der Waals surface area contributed by atoms with Gasteiger partial charge in [0.25, 0.3) is 0 Å². The van der Waals surface area contributed by atoms with Gasteiger partial charge in [-0.05, 0) is 70.6 Å². The van der Waals surface area contributed by atoms with E-state index in [0.717, 1.165) is 44.9 Å². The van der Waals surface area contributed by atoms with Crippen molar-refractivity contribution in [3.63, 3.8) is 0 Å². The minimum Gasteiger partial charge on any atom is -0.387 e. The topological polar surface area (TPSA) is 105 Å². The zero-order valence-corrected chi connectivity index (χ0v) is 47.2. The van der Waals surface area contributed by atoms with E-state index in [-0.39, 0.29) is 19.1 Å². The summed E-state index contributed by atoms with van der Waals surface area (Å²) < 4.78 is 23.7. The van der Waals surface area contributed by atoms with Crippen LogP contribution in [0.1, 0.15) is 277 Å². The summed E-state index contributed by atoms with van der Waals surface area (Å²) in [5.41, 5.74) is 0. The lowest BCUT2D eigenvalue weighted by Gasteiger charge is -2.25. The van der Waals surface area contributed by atoms with Crippen LogP contribution in [0.25, 0.3) is 0 Å². The van der Waals surface area contributed by atoms with Crippen LogP contribution in [-0.4, -0.2) is 73.4 Å². The summed E-state index contributed by atoms with van der Waals surface area (Å²) in [5.74, 6) is -0.189. The van der Waals surface area contributed by atoms with Crippen molar-refractivity contribution in [2.45, 2.75) is 289 Å². The third-order valence-electron chi connectivity index (χ3n) is 13.2. The van der Waals surface area contributed by atoms with Gasteiger partial charge in [0.2, 0.25) is 5.91 Å². The first-order chi connectivity index (χ1) is 33.5. The van der Waals surface area contributed by atoms with Crippen molar-refractivity contribution in [3.05, 3.63) is 48.6 Å². The second-order valence-corrected chi connectivity index (χ2v) is 22.8. The van der Waals surface area contributed by atoms with E-state index in [1.54, 1.807) is 6.08 Å². The predicted molar refractivity (Wildman–Crippen MR) is 300 cm³/mol. The van der Waals surface area contributed by atoms with Crippen molar-refractivity contribution in [3.8, 4) is 0 Å². The molecule has 0 fully saturated rings. The summed E-state index contributed by atoms with van der Waals surface area (Å²) in [6.07, 6.45) is 68.0. The molecule has 0 aromatic carbocycles. The third kappa shape index (κ3) is 54.1. The molecule has 69 heavy (non-hydrogen) atoms. The Kier molecular flexibility index (Phi) is 50.2. The van der Waals surface area contributed by atoms with Gasteiger partial charge in [-0.15, -0.1) is 0 Å². The molecule has 1 amide bonds. The van der Waals surface area contributed by atoms with Gasteiger partial charge in [0.05, 0.1) is 39.9 Å². The Labute approximate surface area is 429 Å². The number of phosphoric ester groups is 1. The number of nitrogens with one attached hydrogen (secondary N) is 1. The van der Waals surface area contributed by atoms with Crippen LogP contribution in [0.2, 0.25) is 0 Å². The molecule has 406 valence electrons. The monoisotopic (exact) mass is 992 g/mol. The molecule has 0 aliphatic rings. The Morgan fingerprint density at radius 3 is 1.16 bits per heavy atom. The van der Waals surface area contributed by atoms with Gasteiger partial charge >= 0.3 is 7.82 Å². The summed E-state index contributed by atoms with van der Waals surface area (Å²) in [6, 6.07) is -0.870. The van der Waals surface area contributed by atoms with Crippen LogP contribution >= 0.6 is 7.82 Å². The normalized spacial score (nSPS) is 14.2. The summed E-state index contributed by atoms with van der Waals surface area (Å²) >= 11 is 0. The maximum absolute atomic E-state index is 13.0. The first-order valence-corrected chi connectivity index (χ1v) is 31.0. The molecule has 0 aromatic rings. The molecule has 0 spiro atoms. The van der Waals surface area contributed by atoms with E-state index in [1.807, 2.05) is 27.2 Å². The van der Waals surface area contributed by atoms with Crippen molar-refractivity contribution in [1.82, 2.24) is 5.32 Å². The van der Waals surface area contributed by atoms with Crippen molar-refractivity contribution >= 4 is 13.7 Å². The molecule has 3 atom stereocenters. The average Bonchev–Trinajstić information content (AvgIpc) is 3.31. The number of carbonyl (C=O) groups excluding carboxylic acids is 1. The first kappa shape index (κ1) is 67.5. The lowest BCUT2D eigenvalue weighted by Crippen LogP contribution is -2.45. The summed E-state index contributed by atoms with van der Waals surface area (Å²) in [5, 5.41) is 13.9. The number of quaternary nitrogens is 1. The van der Waals surface area contributed by atoms with Crippen LogP contribution in [0, 0.1) is 0 Å². The molecular formula is C60H116N2O6P+. The molecule has 8 nitrogen and oxygen atoms in total. The van der Waals surface area contributed by atoms with E-state index >= 15 is 0 Å². The maximum Gasteiger partial charge on any atom is 0.472 e. The number of nitrogens with zero attached hydrogens (tertiary/aromatic N) is 1. The number of hydrogen-bond acceptors (Lipinski definition) is 5. The largest absolute Gasteiger partial charge is 0.472 e. The van der Waals surface area contributed by atoms with E-state index in [2.05, 4.69) is 55.6 Å². The van der Waals surface area contributed by atoms with Crippen LogP contribution in [-0.2, 0) is 18.4 Å². The molecular weight excluding hydrogens is 876 g/mol. The van der Waals surface area contributed by atoms with Crippen molar-refractivity contribution in [1.29, 1.82) is 0 Å². The average molecular weight is 993 g/mol. The van der Waals surface area contributed by atoms with Gasteiger partial charge in [-0.25, -0.2) is 4.57 Å². The number of phosphoric acid groups is 1. The standard InChI is InChI=1S/C60H115N2O6P/c1-6-8-10-12-14-16-18-20-22-24-25-26-27-28-29-30-31-32-33-34-35-36-38-40-42-44-46-48-50-52-54-60(64)61-58(57-68-69(65,66)67-56-55-62(3,4)5)59(63)53-51-49-47-45-43-41-39-37-23-21-19-17-15-13-11-9-7-2/h23,28-29,37,43,45,51,53,58-59,63H,6-22,24-27,30-36,38-42,44,46-50,52,54-57H2,1-5H3,(H-,61,64,65,66)/p+1/b29-28-,37-23+,45-43+,53-51+. The Balaban J connectivity index is 4.14. The fourth-order valence-electron chi connectivity index (χ4n) is 8.60. The van der Waals surface area contributed by atoms with Gasteiger partial charge in [-0.2, -0.15) is 0 Å². The van der Waals surface area contributed by atoms with E-state index < -0.39 is 20.0 Å². The molecule has 3 N–H and O–H groups in total. The van der Waals surface area contributed by atoms with Gasteiger partial charge in [-0.3, -0.25) is 13.8 Å². The molecule has 0 radical (unpaired) electrons. The lowest BCUT2D eigenvalue weighted by atomic mass is 10.0. The number of likely N-dealkylation sites (N-methyl/N-ethyl adjacent to an activating group) is 1. The van der Waals surface area contributed by atoms with Crippen LogP contribution < -0.4 is 5.32 Å². The highest BCUT2D eigenvalue weighted by Crippen LogP contribution is 2.43. The Morgan fingerprint density at radius 2 is 0.797 bits per heavy atom. The van der Waals surface area contributed by atoms with Gasteiger partial charge in [0.1, 0.15) is 13.2 Å². The van der Waals surface area contributed by atoms with Gasteiger partial charge in [0, 0.05) is 6.42 Å². The lowest BCUT2D eigenvalue weighted by molar-refractivity contribution is -0.870. The van der Waals surface area contributed by atoms with E-state index in [4.69, 9.17) is 9.05 Å². The van der Waals surface area contributed by atoms with Crippen LogP contribution in [0.15, 0.2) is 48.6 Å². The number of aliphatic hydroxyl groups excluding tert-OH is 1. The Morgan fingerprint density at radius 1 is 0.478 bits per heavy atom. The molecule has 0 saturated heterocycles. The molecule has 0 bridgehead atoms. The van der Waals surface area contributed by atoms with Crippen molar-refractivity contribution < 1.29 is 32.9 Å². The fourth-order valence-corrected chi connectivity index (χ4v) is 9.34. The number of unbranched alkanes of at least 4 members (excludes halogenated alkanes) is 35. The SMILES string of the molecule is CCCCCCCCC/C=C/CC/C=C/CC/C=C/C(O)C(COP(=O)(O)OCC[N+](C)(C)C)NC(=O)CCCCCCCCCCCCCCCC/C=C\CCCCCCCCCCCCCC. The molecule has 0 heterocycles. The van der Waals surface area contributed by atoms with E-state index in [0.29, 0.717) is 17.4 Å². The molecule has 0 aliphatic heterocycles. The van der Waals surface area contributed by atoms with Gasteiger partial charge in [-0.1, -0.05) is 249 Å². The molecule has 0 aliphatic carbocycles. The highest BCUT2D eigenvalue weighted by atomic mass is 31.2. The zero-order chi connectivity index (χ0) is 50.6. The smallest absolute Gasteiger partial charge is 0.387 e. The van der Waals surface area contributed by atoms with Crippen molar-refractivity contribution in [2.24, 2.45) is 0 Å². The molecule has 0 rings (SSSR count). The van der Waals surface area contributed by atoms with Gasteiger partial charge < -0.3 is 19.8 Å². The molecule has 0 aromatic heterocycles. The number of carbonyl (C=O) groups is 1. The number of allylic oxidation sites excluding steroid dienone is 7. The zero-order valence-electron chi connectivity index (χ0n) is 46.3. The van der Waals surface area contributed by atoms with Crippen LogP contribution in [0.5, 0.6) is 0 Å². The quantitative estimate of drug-likeness (QED) is 0.0243. The predicted octanol–water partition coefficient (Wildman–Crippen LogP) is 17.9. The second-order valence-electron chi connectivity index (χ2n) is 21.3. The minimum absolute atomic E-state index is 0.0535. The highest BCUT2D eigenvalue weighted by molar-refractivity contribution is 7.47. The number of amides is 1. The highest BCUT2D eigenvalue weighted by Gasteiger charge is 2.27.